The number of aliphatic hydroxyl groups excluding tert-OH is 1. The highest BCUT2D eigenvalue weighted by Gasteiger charge is 2.47. The molecular weight excluding hydrogens is 559 g/mol. The van der Waals surface area contributed by atoms with Crippen molar-refractivity contribution in [2.75, 3.05) is 4.90 Å². The molecule has 4 aromatic rings. The first-order valence-electron chi connectivity index (χ1n) is 11.7. The number of nitrogens with zero attached hydrogens (tertiary/aromatic N) is 5. The standard InChI is InChI=1S/C26H21N5O5S3/c1-13-7-9-16(10-8-13)12-37-26-29-28-25(39-26)30-20(17-5-4-6-18(11-17)31(35)36)19(22(33)24(30)34)21(32)23-14(2)27-15(3)38-23/h4-11,20,33H,12H2,1-3H3. The summed E-state index contributed by atoms with van der Waals surface area (Å²) in [6, 6.07) is 12.6. The van der Waals surface area contributed by atoms with Crippen molar-refractivity contribution in [1.29, 1.82) is 0 Å². The van der Waals surface area contributed by atoms with E-state index in [-0.39, 0.29) is 26.8 Å². The van der Waals surface area contributed by atoms with Gasteiger partial charge in [0.2, 0.25) is 10.9 Å². The second-order valence-corrected chi connectivity index (χ2v) is 12.2. The van der Waals surface area contributed by atoms with Crippen molar-refractivity contribution in [1.82, 2.24) is 15.2 Å². The predicted molar refractivity (Wildman–Crippen MR) is 150 cm³/mol. The molecule has 5 rings (SSSR count). The Hall–Kier alpha value is -3.94. The van der Waals surface area contributed by atoms with Gasteiger partial charge in [-0.05, 0) is 31.9 Å². The van der Waals surface area contributed by atoms with Crippen LogP contribution in [-0.4, -0.2) is 36.9 Å². The van der Waals surface area contributed by atoms with Gasteiger partial charge in [-0.1, -0.05) is 65.1 Å². The van der Waals surface area contributed by atoms with Crippen LogP contribution >= 0.6 is 34.4 Å². The van der Waals surface area contributed by atoms with E-state index >= 15 is 0 Å². The zero-order valence-electron chi connectivity index (χ0n) is 20.9. The molecule has 13 heteroatoms. The molecular formula is C26H21N5O5S3. The molecule has 1 aliphatic heterocycles. The number of amides is 1. The van der Waals surface area contributed by atoms with Crippen molar-refractivity contribution >= 4 is 56.9 Å². The molecule has 3 heterocycles. The lowest BCUT2D eigenvalue weighted by Gasteiger charge is -2.23. The van der Waals surface area contributed by atoms with Crippen molar-refractivity contribution in [3.8, 4) is 0 Å². The summed E-state index contributed by atoms with van der Waals surface area (Å²) in [4.78, 5) is 43.8. The Labute approximate surface area is 235 Å². The molecule has 1 unspecified atom stereocenters. The number of nitro benzene ring substituents is 1. The van der Waals surface area contributed by atoms with Gasteiger partial charge < -0.3 is 5.11 Å². The maximum atomic E-state index is 13.7. The lowest BCUT2D eigenvalue weighted by Crippen LogP contribution is -2.31. The van der Waals surface area contributed by atoms with Gasteiger partial charge in [-0.2, -0.15) is 0 Å². The molecule has 1 N–H and O–H groups in total. The van der Waals surface area contributed by atoms with E-state index in [9.17, 15) is 24.8 Å². The molecule has 10 nitrogen and oxygen atoms in total. The van der Waals surface area contributed by atoms with Crippen LogP contribution in [0.25, 0.3) is 0 Å². The van der Waals surface area contributed by atoms with E-state index < -0.39 is 28.4 Å². The van der Waals surface area contributed by atoms with Crippen LogP contribution in [0.1, 0.15) is 43.1 Å². The number of benzene rings is 2. The maximum absolute atomic E-state index is 13.7. The number of thiazole rings is 1. The number of non-ortho nitro benzene ring substituents is 1. The Morgan fingerprint density at radius 3 is 2.54 bits per heavy atom. The van der Waals surface area contributed by atoms with E-state index in [1.165, 1.54) is 34.9 Å². The summed E-state index contributed by atoms with van der Waals surface area (Å²) < 4.78 is 0.587. The normalized spacial score (nSPS) is 15.3. The van der Waals surface area contributed by atoms with Crippen molar-refractivity contribution < 1.29 is 19.6 Å². The summed E-state index contributed by atoms with van der Waals surface area (Å²) in [5.41, 5.74) is 2.61. The fourth-order valence-electron chi connectivity index (χ4n) is 4.21. The Bertz CT molecular complexity index is 1640. The van der Waals surface area contributed by atoms with Gasteiger partial charge in [-0.15, -0.1) is 21.5 Å². The highest BCUT2D eigenvalue weighted by Crippen LogP contribution is 2.45. The number of hydrogen-bond acceptors (Lipinski definition) is 11. The van der Waals surface area contributed by atoms with Crippen LogP contribution in [-0.2, 0) is 10.5 Å². The van der Waals surface area contributed by atoms with E-state index in [0.29, 0.717) is 20.8 Å². The molecule has 2 aromatic carbocycles. The zero-order chi connectivity index (χ0) is 27.8. The number of anilines is 1. The van der Waals surface area contributed by atoms with Crippen LogP contribution in [0.15, 0.2) is 64.2 Å². The van der Waals surface area contributed by atoms with Gasteiger partial charge in [0, 0.05) is 17.9 Å². The number of ketones is 1. The molecule has 0 fully saturated rings. The number of thioether (sulfide) groups is 1. The van der Waals surface area contributed by atoms with Gasteiger partial charge in [-0.3, -0.25) is 24.6 Å². The van der Waals surface area contributed by atoms with Gasteiger partial charge in [0.15, 0.2) is 10.1 Å². The van der Waals surface area contributed by atoms with Crippen molar-refractivity contribution in [2.45, 2.75) is 36.9 Å². The van der Waals surface area contributed by atoms with Gasteiger partial charge >= 0.3 is 0 Å². The van der Waals surface area contributed by atoms with Gasteiger partial charge in [0.25, 0.3) is 11.6 Å². The summed E-state index contributed by atoms with van der Waals surface area (Å²) in [7, 11) is 0. The molecule has 0 aliphatic carbocycles. The first kappa shape index (κ1) is 26.7. The van der Waals surface area contributed by atoms with Gasteiger partial charge in [0.05, 0.1) is 32.1 Å². The summed E-state index contributed by atoms with van der Waals surface area (Å²) in [5, 5.41) is 31.7. The molecule has 0 spiro atoms. The summed E-state index contributed by atoms with van der Waals surface area (Å²) in [5.74, 6) is -1.50. The number of carbonyl (C=O) groups excluding carboxylic acids is 2. The third-order valence-corrected chi connectivity index (χ3v) is 9.24. The van der Waals surface area contributed by atoms with Crippen molar-refractivity contribution in [3.63, 3.8) is 0 Å². The summed E-state index contributed by atoms with van der Waals surface area (Å²) >= 11 is 3.73. The topological polar surface area (TPSA) is 139 Å². The Kier molecular flexibility index (Phi) is 7.30. The minimum atomic E-state index is -1.14. The zero-order valence-corrected chi connectivity index (χ0v) is 23.4. The predicted octanol–water partition coefficient (Wildman–Crippen LogP) is 5.90. The third-order valence-electron chi connectivity index (χ3n) is 6.04. The van der Waals surface area contributed by atoms with Crippen LogP contribution in [0.2, 0.25) is 0 Å². The van der Waals surface area contributed by atoms with Gasteiger partial charge in [0.1, 0.15) is 0 Å². The van der Waals surface area contributed by atoms with Crippen molar-refractivity contribution in [2.24, 2.45) is 0 Å². The number of nitro groups is 1. The first-order chi connectivity index (χ1) is 18.6. The number of aliphatic hydroxyl groups is 1. The largest absolute Gasteiger partial charge is 0.503 e. The van der Waals surface area contributed by atoms with Crippen LogP contribution in [0.3, 0.4) is 0 Å². The highest BCUT2D eigenvalue weighted by atomic mass is 32.2. The minimum absolute atomic E-state index is 0.162. The molecule has 198 valence electrons. The smallest absolute Gasteiger partial charge is 0.296 e. The number of rotatable bonds is 8. The Balaban J connectivity index is 1.53. The van der Waals surface area contributed by atoms with Gasteiger partial charge in [-0.25, -0.2) is 4.98 Å². The van der Waals surface area contributed by atoms with Crippen molar-refractivity contribution in [3.05, 3.63) is 102 Å². The molecule has 0 bridgehead atoms. The molecule has 0 saturated carbocycles. The van der Waals surface area contributed by atoms with Crippen LogP contribution in [0.4, 0.5) is 10.8 Å². The third kappa shape index (κ3) is 5.20. The molecule has 39 heavy (non-hydrogen) atoms. The quantitative estimate of drug-likeness (QED) is 0.0888. The summed E-state index contributed by atoms with van der Waals surface area (Å²) in [6.45, 7) is 5.44. The Morgan fingerprint density at radius 2 is 1.87 bits per heavy atom. The minimum Gasteiger partial charge on any atom is -0.503 e. The second kappa shape index (κ2) is 10.7. The lowest BCUT2D eigenvalue weighted by atomic mass is 9.95. The lowest BCUT2D eigenvalue weighted by molar-refractivity contribution is -0.384. The van der Waals surface area contributed by atoms with E-state index in [1.54, 1.807) is 19.9 Å². The fraction of sp³-hybridized carbons (Fsp3) is 0.192. The van der Waals surface area contributed by atoms with E-state index in [2.05, 4.69) is 15.2 Å². The van der Waals surface area contributed by atoms with E-state index in [4.69, 9.17) is 0 Å². The van der Waals surface area contributed by atoms with E-state index in [0.717, 1.165) is 33.8 Å². The molecule has 1 amide bonds. The molecule has 2 aromatic heterocycles. The maximum Gasteiger partial charge on any atom is 0.296 e. The van der Waals surface area contributed by atoms with Crippen LogP contribution in [0.5, 0.6) is 0 Å². The second-order valence-electron chi connectivity index (χ2n) is 8.79. The average Bonchev–Trinajstić information content (AvgIpc) is 3.59. The number of aromatic nitrogens is 3. The highest BCUT2D eigenvalue weighted by molar-refractivity contribution is 8.00. The number of hydrogen-bond donors (Lipinski definition) is 1. The number of carbonyl (C=O) groups is 2. The van der Waals surface area contributed by atoms with Crippen LogP contribution in [0, 0.1) is 30.9 Å². The van der Waals surface area contributed by atoms with Crippen LogP contribution < -0.4 is 4.90 Å². The average molecular weight is 580 g/mol. The fourth-order valence-corrected chi connectivity index (χ4v) is 6.91. The molecule has 1 atom stereocenters. The molecule has 0 radical (unpaired) electrons. The number of Topliss-reactive ketones (excluding diaryl/α,β-unsaturated/α-hetero) is 1. The molecule has 0 saturated heterocycles. The Morgan fingerprint density at radius 1 is 1.13 bits per heavy atom. The van der Waals surface area contributed by atoms with E-state index in [1.807, 2.05) is 31.2 Å². The monoisotopic (exact) mass is 579 g/mol. The first-order valence-corrected chi connectivity index (χ1v) is 14.3. The molecule has 1 aliphatic rings. The number of aryl methyl sites for hydroxylation is 3. The SMILES string of the molecule is Cc1ccc(CSc2nnc(N3C(=O)C(O)=C(C(=O)c4sc(C)nc4C)C3c3cccc([N+](=O)[O-])c3)s2)cc1. The summed E-state index contributed by atoms with van der Waals surface area (Å²) in [6.07, 6.45) is 0.